The van der Waals surface area contributed by atoms with Gasteiger partial charge in [-0.25, -0.2) is 9.97 Å². The highest BCUT2D eigenvalue weighted by atomic mass is 35.5. The first-order chi connectivity index (χ1) is 10.2. The van der Waals surface area contributed by atoms with Crippen LogP contribution in [-0.2, 0) is 0 Å². The SMILES string of the molecule is O=C(NC(CCCO)c1ccccc1)c1ncncc1Cl. The van der Waals surface area contributed by atoms with Crippen molar-refractivity contribution in [3.05, 3.63) is 59.1 Å². The highest BCUT2D eigenvalue weighted by molar-refractivity contribution is 6.33. The van der Waals surface area contributed by atoms with Gasteiger partial charge in [0.2, 0.25) is 0 Å². The molecule has 2 N–H and O–H groups in total. The largest absolute Gasteiger partial charge is 0.396 e. The van der Waals surface area contributed by atoms with Crippen LogP contribution in [0.3, 0.4) is 0 Å². The number of hydrogen-bond acceptors (Lipinski definition) is 4. The topological polar surface area (TPSA) is 75.1 Å². The molecule has 2 rings (SSSR count). The Morgan fingerprint density at radius 2 is 2.10 bits per heavy atom. The Balaban J connectivity index is 2.15. The lowest BCUT2D eigenvalue weighted by molar-refractivity contribution is 0.0927. The van der Waals surface area contributed by atoms with Gasteiger partial charge in [-0.3, -0.25) is 4.79 Å². The van der Waals surface area contributed by atoms with Gasteiger partial charge in [0, 0.05) is 12.8 Å². The molecule has 0 aliphatic carbocycles. The van der Waals surface area contributed by atoms with E-state index in [0.29, 0.717) is 12.8 Å². The molecule has 0 saturated carbocycles. The van der Waals surface area contributed by atoms with Crippen molar-refractivity contribution in [3.8, 4) is 0 Å². The number of carbonyl (C=O) groups is 1. The molecule has 110 valence electrons. The van der Waals surface area contributed by atoms with Gasteiger partial charge in [0.05, 0.1) is 11.1 Å². The molecule has 0 aliphatic heterocycles. The Kier molecular flexibility index (Phi) is 5.66. The fourth-order valence-corrected chi connectivity index (χ4v) is 2.20. The molecule has 5 nitrogen and oxygen atoms in total. The highest BCUT2D eigenvalue weighted by Crippen LogP contribution is 2.20. The van der Waals surface area contributed by atoms with Crippen LogP contribution in [-0.4, -0.2) is 27.6 Å². The quantitative estimate of drug-likeness (QED) is 0.859. The number of aromatic nitrogens is 2. The zero-order chi connectivity index (χ0) is 15.1. The van der Waals surface area contributed by atoms with E-state index in [2.05, 4.69) is 15.3 Å². The number of carbonyl (C=O) groups excluding carboxylic acids is 1. The Hall–Kier alpha value is -1.98. The summed E-state index contributed by atoms with van der Waals surface area (Å²) in [5, 5.41) is 12.1. The lowest BCUT2D eigenvalue weighted by Gasteiger charge is -2.19. The minimum atomic E-state index is -0.353. The van der Waals surface area contributed by atoms with Crippen LogP contribution in [0, 0.1) is 0 Å². The lowest BCUT2D eigenvalue weighted by atomic mass is 10.0. The van der Waals surface area contributed by atoms with Gasteiger partial charge in [0.25, 0.3) is 5.91 Å². The molecule has 0 bridgehead atoms. The number of aliphatic hydroxyl groups excluding tert-OH is 1. The first-order valence-corrected chi connectivity index (χ1v) is 7.02. The van der Waals surface area contributed by atoms with Crippen LogP contribution in [0.5, 0.6) is 0 Å². The summed E-state index contributed by atoms with van der Waals surface area (Å²) < 4.78 is 0. The van der Waals surface area contributed by atoms with Gasteiger partial charge < -0.3 is 10.4 Å². The van der Waals surface area contributed by atoms with Crippen molar-refractivity contribution in [2.24, 2.45) is 0 Å². The molecule has 1 unspecified atom stereocenters. The average Bonchev–Trinajstić information content (AvgIpc) is 2.52. The molecular formula is C15H16ClN3O2. The lowest BCUT2D eigenvalue weighted by Crippen LogP contribution is -2.29. The van der Waals surface area contributed by atoms with E-state index in [4.69, 9.17) is 16.7 Å². The van der Waals surface area contributed by atoms with Crippen LogP contribution >= 0.6 is 11.6 Å². The van der Waals surface area contributed by atoms with Crippen LogP contribution in [0.15, 0.2) is 42.9 Å². The van der Waals surface area contributed by atoms with E-state index in [0.717, 1.165) is 5.56 Å². The molecule has 1 atom stereocenters. The Morgan fingerprint density at radius 3 is 2.76 bits per heavy atom. The van der Waals surface area contributed by atoms with Crippen LogP contribution in [0.4, 0.5) is 0 Å². The monoisotopic (exact) mass is 305 g/mol. The smallest absolute Gasteiger partial charge is 0.272 e. The molecule has 21 heavy (non-hydrogen) atoms. The summed E-state index contributed by atoms with van der Waals surface area (Å²) in [6.07, 6.45) is 3.90. The van der Waals surface area contributed by atoms with Crippen molar-refractivity contribution in [2.75, 3.05) is 6.61 Å². The molecule has 6 heteroatoms. The van der Waals surface area contributed by atoms with Crippen LogP contribution < -0.4 is 5.32 Å². The first kappa shape index (κ1) is 15.4. The van der Waals surface area contributed by atoms with Gasteiger partial charge >= 0.3 is 0 Å². The molecule has 0 radical (unpaired) electrons. The van der Waals surface area contributed by atoms with E-state index < -0.39 is 0 Å². The summed E-state index contributed by atoms with van der Waals surface area (Å²) in [5.74, 6) is -0.353. The van der Waals surface area contributed by atoms with E-state index in [1.54, 1.807) is 0 Å². The summed E-state index contributed by atoms with van der Waals surface area (Å²) in [7, 11) is 0. The summed E-state index contributed by atoms with van der Waals surface area (Å²) in [6, 6.07) is 9.40. The third-order valence-electron chi connectivity index (χ3n) is 3.04. The predicted molar refractivity (Wildman–Crippen MR) is 80.0 cm³/mol. The van der Waals surface area contributed by atoms with Gasteiger partial charge in [-0.15, -0.1) is 0 Å². The van der Waals surface area contributed by atoms with Crippen molar-refractivity contribution >= 4 is 17.5 Å². The molecule has 0 spiro atoms. The minimum Gasteiger partial charge on any atom is -0.396 e. The number of hydrogen-bond donors (Lipinski definition) is 2. The number of nitrogens with one attached hydrogen (secondary N) is 1. The minimum absolute atomic E-state index is 0.0769. The molecule has 1 aromatic heterocycles. The van der Waals surface area contributed by atoms with Crippen LogP contribution in [0.2, 0.25) is 5.02 Å². The zero-order valence-corrected chi connectivity index (χ0v) is 12.1. The fraction of sp³-hybridized carbons (Fsp3) is 0.267. The second kappa shape index (κ2) is 7.71. The van der Waals surface area contributed by atoms with Crippen molar-refractivity contribution in [3.63, 3.8) is 0 Å². The third-order valence-corrected chi connectivity index (χ3v) is 3.32. The van der Waals surface area contributed by atoms with E-state index in [-0.39, 0.29) is 29.3 Å². The normalized spacial score (nSPS) is 11.9. The van der Waals surface area contributed by atoms with Crippen molar-refractivity contribution in [1.82, 2.24) is 15.3 Å². The van der Waals surface area contributed by atoms with Crippen molar-refractivity contribution < 1.29 is 9.90 Å². The standard InChI is InChI=1S/C15H16ClN3O2/c16-12-9-17-10-18-14(12)15(21)19-13(7-4-8-20)11-5-2-1-3-6-11/h1-3,5-6,9-10,13,20H,4,7-8H2,(H,19,21). The van der Waals surface area contributed by atoms with E-state index in [1.807, 2.05) is 30.3 Å². The molecule has 0 saturated heterocycles. The van der Waals surface area contributed by atoms with Crippen LogP contribution in [0.25, 0.3) is 0 Å². The number of halogens is 1. The first-order valence-electron chi connectivity index (χ1n) is 6.64. The number of benzene rings is 1. The maximum atomic E-state index is 12.3. The zero-order valence-electron chi connectivity index (χ0n) is 11.4. The van der Waals surface area contributed by atoms with E-state index >= 15 is 0 Å². The Morgan fingerprint density at radius 1 is 1.33 bits per heavy atom. The van der Waals surface area contributed by atoms with E-state index in [9.17, 15) is 4.79 Å². The number of rotatable bonds is 6. The number of nitrogens with zero attached hydrogens (tertiary/aromatic N) is 2. The fourth-order valence-electron chi connectivity index (χ4n) is 2.01. The maximum absolute atomic E-state index is 12.3. The van der Waals surface area contributed by atoms with Gasteiger partial charge in [0.1, 0.15) is 12.0 Å². The molecule has 2 aromatic rings. The molecular weight excluding hydrogens is 290 g/mol. The van der Waals surface area contributed by atoms with Crippen LogP contribution in [0.1, 0.15) is 34.9 Å². The molecule has 1 heterocycles. The Labute approximate surface area is 128 Å². The number of amides is 1. The van der Waals surface area contributed by atoms with Gasteiger partial charge in [-0.2, -0.15) is 0 Å². The molecule has 1 amide bonds. The van der Waals surface area contributed by atoms with Crippen molar-refractivity contribution in [2.45, 2.75) is 18.9 Å². The number of aliphatic hydroxyl groups is 1. The van der Waals surface area contributed by atoms with E-state index in [1.165, 1.54) is 12.5 Å². The summed E-state index contributed by atoms with van der Waals surface area (Å²) >= 11 is 5.93. The molecule has 0 aliphatic rings. The second-order valence-electron chi connectivity index (χ2n) is 4.52. The highest BCUT2D eigenvalue weighted by Gasteiger charge is 2.18. The molecule has 0 fully saturated rings. The summed E-state index contributed by atoms with van der Waals surface area (Å²) in [4.78, 5) is 19.9. The average molecular weight is 306 g/mol. The van der Waals surface area contributed by atoms with Gasteiger partial charge in [0.15, 0.2) is 0 Å². The maximum Gasteiger partial charge on any atom is 0.272 e. The molecule has 1 aromatic carbocycles. The summed E-state index contributed by atoms with van der Waals surface area (Å²) in [6.45, 7) is 0.0769. The summed E-state index contributed by atoms with van der Waals surface area (Å²) in [5.41, 5.74) is 1.13. The second-order valence-corrected chi connectivity index (χ2v) is 4.93. The van der Waals surface area contributed by atoms with Gasteiger partial charge in [-0.1, -0.05) is 41.9 Å². The Bertz CT molecular complexity index is 592. The van der Waals surface area contributed by atoms with Gasteiger partial charge in [-0.05, 0) is 18.4 Å². The third kappa shape index (κ3) is 4.24. The predicted octanol–water partition coefficient (Wildman–Crippen LogP) is 2.37. The van der Waals surface area contributed by atoms with Crippen molar-refractivity contribution in [1.29, 1.82) is 0 Å².